The van der Waals surface area contributed by atoms with Gasteiger partial charge in [-0.3, -0.25) is 4.79 Å². The van der Waals surface area contributed by atoms with Crippen molar-refractivity contribution in [3.8, 4) is 5.75 Å². The zero-order valence-corrected chi connectivity index (χ0v) is 11.8. The number of hydrogen-bond donors (Lipinski definition) is 2. The van der Waals surface area contributed by atoms with Crippen LogP contribution in [-0.2, 0) is 4.79 Å². The number of nitrogens with two attached hydrogens (primary N) is 1. The van der Waals surface area contributed by atoms with Gasteiger partial charge in [0, 0.05) is 6.42 Å². The monoisotopic (exact) mass is 264 g/mol. The number of carbonyl (C=O) groups excluding carboxylic acids is 1. The summed E-state index contributed by atoms with van der Waals surface area (Å²) in [6.07, 6.45) is 3.16. The molecule has 1 atom stereocenters. The number of methoxy groups -OCH3 is 1. The predicted octanol–water partition coefficient (Wildman–Crippen LogP) is 2.39. The smallest absolute Gasteiger partial charge is 0.220 e. The average Bonchev–Trinajstić information content (AvgIpc) is 2.45. The second kappa shape index (κ2) is 8.53. The quantitative estimate of drug-likeness (QED) is 0.709. The van der Waals surface area contributed by atoms with Crippen LogP contribution < -0.4 is 15.8 Å². The number of nitrogens with one attached hydrogen (secondary N) is 1. The van der Waals surface area contributed by atoms with E-state index in [2.05, 4.69) is 12.2 Å². The number of hydrogen-bond acceptors (Lipinski definition) is 3. The Hall–Kier alpha value is -1.55. The van der Waals surface area contributed by atoms with Gasteiger partial charge in [-0.25, -0.2) is 0 Å². The van der Waals surface area contributed by atoms with Crippen molar-refractivity contribution in [1.82, 2.24) is 5.32 Å². The van der Waals surface area contributed by atoms with Gasteiger partial charge in [0.15, 0.2) is 0 Å². The minimum Gasteiger partial charge on any atom is -0.497 e. The lowest BCUT2D eigenvalue weighted by Crippen LogP contribution is -2.27. The van der Waals surface area contributed by atoms with Crippen LogP contribution in [0.25, 0.3) is 0 Å². The zero-order chi connectivity index (χ0) is 14.1. The van der Waals surface area contributed by atoms with Crippen molar-refractivity contribution in [2.24, 2.45) is 5.73 Å². The third-order valence-electron chi connectivity index (χ3n) is 3.12. The fourth-order valence-corrected chi connectivity index (χ4v) is 1.95. The molecule has 0 aromatic heterocycles. The molecule has 0 fully saturated rings. The van der Waals surface area contributed by atoms with E-state index in [1.807, 2.05) is 24.3 Å². The third kappa shape index (κ3) is 5.30. The van der Waals surface area contributed by atoms with E-state index in [4.69, 9.17) is 10.5 Å². The molecule has 0 aliphatic heterocycles. The largest absolute Gasteiger partial charge is 0.497 e. The highest BCUT2D eigenvalue weighted by Gasteiger charge is 2.12. The highest BCUT2D eigenvalue weighted by molar-refractivity contribution is 5.76. The maximum absolute atomic E-state index is 11.8. The molecular formula is C15H24N2O2. The Bertz CT molecular complexity index is 376. The Kier molecular flexibility index (Phi) is 6.97. The molecule has 0 saturated carbocycles. The van der Waals surface area contributed by atoms with Crippen LogP contribution >= 0.6 is 0 Å². The van der Waals surface area contributed by atoms with E-state index in [9.17, 15) is 4.79 Å². The molecule has 0 aliphatic carbocycles. The summed E-state index contributed by atoms with van der Waals surface area (Å²) < 4.78 is 5.13. The van der Waals surface area contributed by atoms with Crippen LogP contribution in [0.5, 0.6) is 5.75 Å². The second-order valence-electron chi connectivity index (χ2n) is 4.55. The molecule has 19 heavy (non-hydrogen) atoms. The molecule has 106 valence electrons. The van der Waals surface area contributed by atoms with Crippen LogP contribution in [0, 0.1) is 0 Å². The zero-order valence-electron chi connectivity index (χ0n) is 11.8. The maximum Gasteiger partial charge on any atom is 0.220 e. The lowest BCUT2D eigenvalue weighted by Gasteiger charge is -2.17. The van der Waals surface area contributed by atoms with E-state index in [1.54, 1.807) is 7.11 Å². The minimum absolute atomic E-state index is 0.0660. The van der Waals surface area contributed by atoms with E-state index in [-0.39, 0.29) is 11.9 Å². The van der Waals surface area contributed by atoms with E-state index in [1.165, 1.54) is 0 Å². The summed E-state index contributed by atoms with van der Waals surface area (Å²) in [6.45, 7) is 2.71. The first-order valence-corrected chi connectivity index (χ1v) is 6.84. The minimum atomic E-state index is 0.0660. The number of rotatable bonds is 8. The van der Waals surface area contributed by atoms with E-state index >= 15 is 0 Å². The summed E-state index contributed by atoms with van der Waals surface area (Å²) in [4.78, 5) is 11.8. The molecule has 0 heterocycles. The van der Waals surface area contributed by atoms with Gasteiger partial charge in [0.1, 0.15) is 5.75 Å². The summed E-state index contributed by atoms with van der Waals surface area (Å²) in [5, 5.41) is 3.06. The third-order valence-corrected chi connectivity index (χ3v) is 3.12. The van der Waals surface area contributed by atoms with Crippen molar-refractivity contribution in [3.05, 3.63) is 29.8 Å². The first-order chi connectivity index (χ1) is 9.21. The van der Waals surface area contributed by atoms with Crippen molar-refractivity contribution in [3.63, 3.8) is 0 Å². The van der Waals surface area contributed by atoms with Crippen molar-refractivity contribution >= 4 is 5.91 Å². The molecule has 0 aliphatic rings. The fraction of sp³-hybridized carbons (Fsp3) is 0.533. The topological polar surface area (TPSA) is 64.4 Å². The highest BCUT2D eigenvalue weighted by atomic mass is 16.5. The summed E-state index contributed by atoms with van der Waals surface area (Å²) in [5.41, 5.74) is 6.52. The lowest BCUT2D eigenvalue weighted by molar-refractivity contribution is -0.122. The van der Waals surface area contributed by atoms with E-state index in [0.717, 1.165) is 30.6 Å². The first kappa shape index (κ1) is 15.5. The second-order valence-corrected chi connectivity index (χ2v) is 4.55. The maximum atomic E-state index is 11.8. The Morgan fingerprint density at radius 2 is 2.00 bits per heavy atom. The van der Waals surface area contributed by atoms with Crippen molar-refractivity contribution in [1.29, 1.82) is 0 Å². The molecule has 1 rings (SSSR count). The fourth-order valence-electron chi connectivity index (χ4n) is 1.95. The first-order valence-electron chi connectivity index (χ1n) is 6.84. The molecule has 1 aromatic carbocycles. The van der Waals surface area contributed by atoms with E-state index < -0.39 is 0 Å². The summed E-state index contributed by atoms with van der Waals surface area (Å²) in [5.74, 6) is 0.920. The lowest BCUT2D eigenvalue weighted by atomic mass is 10.0. The predicted molar refractivity (Wildman–Crippen MR) is 77.1 cm³/mol. The molecule has 4 heteroatoms. The number of carbonyl (C=O) groups is 1. The standard InChI is InChI=1S/C15H24N2O2/c1-3-14(17-15(18)6-4-5-11-16)12-7-9-13(19-2)10-8-12/h7-10,14H,3-6,11,16H2,1-2H3,(H,17,18). The molecule has 1 unspecified atom stereocenters. The molecule has 0 saturated heterocycles. The number of ether oxygens (including phenoxy) is 1. The molecular weight excluding hydrogens is 240 g/mol. The summed E-state index contributed by atoms with van der Waals surface area (Å²) >= 11 is 0. The van der Waals surface area contributed by atoms with Crippen LogP contribution in [-0.4, -0.2) is 19.6 Å². The Morgan fingerprint density at radius 3 is 2.53 bits per heavy atom. The van der Waals surface area contributed by atoms with Crippen molar-refractivity contribution < 1.29 is 9.53 Å². The molecule has 3 N–H and O–H groups in total. The molecule has 1 aromatic rings. The van der Waals surface area contributed by atoms with E-state index in [0.29, 0.717) is 13.0 Å². The van der Waals surface area contributed by atoms with Gasteiger partial charge in [0.05, 0.1) is 13.2 Å². The van der Waals surface area contributed by atoms with Gasteiger partial charge < -0.3 is 15.8 Å². The Balaban J connectivity index is 2.54. The van der Waals surface area contributed by atoms with Crippen LogP contribution in [0.4, 0.5) is 0 Å². The SMILES string of the molecule is CCC(NC(=O)CCCCN)c1ccc(OC)cc1. The van der Waals surface area contributed by atoms with Crippen LogP contribution in [0.2, 0.25) is 0 Å². The highest BCUT2D eigenvalue weighted by Crippen LogP contribution is 2.20. The van der Waals surface area contributed by atoms with Crippen LogP contribution in [0.3, 0.4) is 0 Å². The van der Waals surface area contributed by atoms with Gasteiger partial charge in [-0.15, -0.1) is 0 Å². The van der Waals surface area contributed by atoms with Crippen molar-refractivity contribution in [2.75, 3.05) is 13.7 Å². The van der Waals surface area contributed by atoms with Gasteiger partial charge in [-0.2, -0.15) is 0 Å². The van der Waals surface area contributed by atoms with Gasteiger partial charge in [-0.05, 0) is 43.5 Å². The number of benzene rings is 1. The van der Waals surface area contributed by atoms with Gasteiger partial charge in [-0.1, -0.05) is 19.1 Å². The number of unbranched alkanes of at least 4 members (excludes halogenated alkanes) is 1. The van der Waals surface area contributed by atoms with Gasteiger partial charge >= 0.3 is 0 Å². The van der Waals surface area contributed by atoms with Gasteiger partial charge in [0.2, 0.25) is 5.91 Å². The average molecular weight is 264 g/mol. The molecule has 0 radical (unpaired) electrons. The molecule has 0 bridgehead atoms. The van der Waals surface area contributed by atoms with Crippen LogP contribution in [0.15, 0.2) is 24.3 Å². The molecule has 4 nitrogen and oxygen atoms in total. The molecule has 1 amide bonds. The van der Waals surface area contributed by atoms with Crippen LogP contribution in [0.1, 0.15) is 44.2 Å². The summed E-state index contributed by atoms with van der Waals surface area (Å²) in [6, 6.07) is 7.88. The Morgan fingerprint density at radius 1 is 1.32 bits per heavy atom. The van der Waals surface area contributed by atoms with Crippen molar-refractivity contribution in [2.45, 2.75) is 38.6 Å². The molecule has 0 spiro atoms. The van der Waals surface area contributed by atoms with Gasteiger partial charge in [0.25, 0.3) is 0 Å². The normalized spacial score (nSPS) is 11.9. The summed E-state index contributed by atoms with van der Waals surface area (Å²) in [7, 11) is 1.64. The number of amides is 1. The Labute approximate surface area is 115 Å².